The molecule has 0 radical (unpaired) electrons. The van der Waals surface area contributed by atoms with Gasteiger partial charge in [0.15, 0.2) is 0 Å². The maximum Gasteiger partial charge on any atom is 0.240 e. The molecule has 0 amide bonds. The molecule has 3 N–H and O–H groups in total. The van der Waals surface area contributed by atoms with Crippen molar-refractivity contribution >= 4 is 26.7 Å². The number of phenolic OH excluding ortho intramolecular Hbond substituents is 1. The van der Waals surface area contributed by atoms with Crippen LogP contribution in [0, 0.1) is 0 Å². The van der Waals surface area contributed by atoms with Crippen molar-refractivity contribution in [1.82, 2.24) is 10.1 Å². The fraction of sp³-hybridized carbons (Fsp3) is 0.0769. The van der Waals surface area contributed by atoms with Gasteiger partial charge >= 0.3 is 0 Å². The van der Waals surface area contributed by atoms with Gasteiger partial charge < -0.3 is 15.4 Å². The fourth-order valence-corrected chi connectivity index (χ4v) is 2.26. The van der Waals surface area contributed by atoms with E-state index < -0.39 is 0 Å². The second kappa shape index (κ2) is 4.64. The number of nitrogens with zero attached hydrogens (tertiary/aromatic N) is 2. The zero-order chi connectivity index (χ0) is 13.4. The number of phenols is 1. The number of aromatic hydroxyl groups is 1. The molecule has 0 saturated carbocycles. The molecule has 0 unspecified atom stereocenters. The number of rotatable bonds is 2. The standard InChI is InChI=1S/C13H10BrN3O2/c14-9-2-1-7-5-11(18)10(4-8(7)3-9)13-16-12(6-15)19-17-13/h1-5,18H,6,15H2. The summed E-state index contributed by atoms with van der Waals surface area (Å²) in [5.41, 5.74) is 5.95. The summed E-state index contributed by atoms with van der Waals surface area (Å²) in [5, 5.41) is 15.8. The minimum Gasteiger partial charge on any atom is -0.507 e. The third-order valence-electron chi connectivity index (χ3n) is 2.80. The molecule has 5 nitrogen and oxygen atoms in total. The van der Waals surface area contributed by atoms with E-state index in [1.165, 1.54) is 0 Å². The van der Waals surface area contributed by atoms with Crippen LogP contribution in [0.3, 0.4) is 0 Å². The van der Waals surface area contributed by atoms with Crippen LogP contribution in [0.2, 0.25) is 0 Å². The number of halogens is 1. The normalized spacial score (nSPS) is 11.1. The lowest BCUT2D eigenvalue weighted by Crippen LogP contribution is -1.95. The molecule has 0 fully saturated rings. The van der Waals surface area contributed by atoms with Crippen molar-refractivity contribution in [2.45, 2.75) is 6.54 Å². The molecule has 0 aliphatic heterocycles. The highest BCUT2D eigenvalue weighted by Gasteiger charge is 2.13. The Balaban J connectivity index is 2.19. The van der Waals surface area contributed by atoms with E-state index in [1.807, 2.05) is 24.3 Å². The molecule has 19 heavy (non-hydrogen) atoms. The van der Waals surface area contributed by atoms with Crippen LogP contribution in [0.4, 0.5) is 0 Å². The van der Waals surface area contributed by atoms with Crippen LogP contribution >= 0.6 is 15.9 Å². The molecule has 0 saturated heterocycles. The Morgan fingerprint density at radius 3 is 2.79 bits per heavy atom. The Morgan fingerprint density at radius 1 is 1.21 bits per heavy atom. The molecule has 96 valence electrons. The van der Waals surface area contributed by atoms with Crippen molar-refractivity contribution in [3.63, 3.8) is 0 Å². The SMILES string of the molecule is NCc1nc(-c2cc3cc(Br)ccc3cc2O)no1. The van der Waals surface area contributed by atoms with Crippen LogP contribution in [0.25, 0.3) is 22.2 Å². The van der Waals surface area contributed by atoms with Gasteiger partial charge in [0.25, 0.3) is 0 Å². The summed E-state index contributed by atoms with van der Waals surface area (Å²) in [6.07, 6.45) is 0. The first-order chi connectivity index (χ1) is 9.17. The molecule has 0 spiro atoms. The Morgan fingerprint density at radius 2 is 2.05 bits per heavy atom. The molecular formula is C13H10BrN3O2. The highest BCUT2D eigenvalue weighted by atomic mass is 79.9. The second-order valence-electron chi connectivity index (χ2n) is 4.08. The maximum absolute atomic E-state index is 10.0. The predicted octanol–water partition coefficient (Wildman–Crippen LogP) is 2.82. The van der Waals surface area contributed by atoms with E-state index in [1.54, 1.807) is 6.07 Å². The largest absolute Gasteiger partial charge is 0.507 e. The summed E-state index contributed by atoms with van der Waals surface area (Å²) in [6, 6.07) is 9.30. The van der Waals surface area contributed by atoms with E-state index in [4.69, 9.17) is 10.3 Å². The summed E-state index contributed by atoms with van der Waals surface area (Å²) >= 11 is 3.42. The van der Waals surface area contributed by atoms with Gasteiger partial charge in [-0.3, -0.25) is 0 Å². The van der Waals surface area contributed by atoms with Gasteiger partial charge in [-0.25, -0.2) is 0 Å². The highest BCUT2D eigenvalue weighted by Crippen LogP contribution is 2.32. The number of fused-ring (bicyclic) bond motifs is 1. The average Bonchev–Trinajstić information content (AvgIpc) is 2.87. The van der Waals surface area contributed by atoms with Crippen LogP contribution in [0.5, 0.6) is 5.75 Å². The quantitative estimate of drug-likeness (QED) is 0.758. The van der Waals surface area contributed by atoms with Gasteiger partial charge in [-0.1, -0.05) is 27.2 Å². The van der Waals surface area contributed by atoms with E-state index in [9.17, 15) is 5.11 Å². The minimum atomic E-state index is 0.110. The van der Waals surface area contributed by atoms with Crippen LogP contribution in [0.15, 0.2) is 39.3 Å². The van der Waals surface area contributed by atoms with Crippen LogP contribution in [-0.2, 0) is 6.54 Å². The van der Waals surface area contributed by atoms with E-state index in [-0.39, 0.29) is 12.3 Å². The minimum absolute atomic E-state index is 0.110. The lowest BCUT2D eigenvalue weighted by atomic mass is 10.1. The zero-order valence-corrected chi connectivity index (χ0v) is 11.4. The first kappa shape index (κ1) is 12.1. The molecule has 2 aromatic carbocycles. The van der Waals surface area contributed by atoms with Gasteiger partial charge in [0.2, 0.25) is 11.7 Å². The van der Waals surface area contributed by atoms with Gasteiger partial charge in [0.1, 0.15) is 5.75 Å². The van der Waals surface area contributed by atoms with Crippen molar-refractivity contribution in [3.05, 3.63) is 40.7 Å². The number of benzene rings is 2. The molecule has 0 aliphatic carbocycles. The molecule has 3 aromatic rings. The number of hydrogen-bond donors (Lipinski definition) is 2. The third-order valence-corrected chi connectivity index (χ3v) is 3.29. The smallest absolute Gasteiger partial charge is 0.240 e. The Labute approximate surface area is 117 Å². The summed E-state index contributed by atoms with van der Waals surface area (Å²) in [4.78, 5) is 4.11. The van der Waals surface area contributed by atoms with Gasteiger partial charge in [-0.2, -0.15) is 4.98 Å². The van der Waals surface area contributed by atoms with Crippen LogP contribution in [-0.4, -0.2) is 15.2 Å². The Hall–Kier alpha value is -1.92. The zero-order valence-electron chi connectivity index (χ0n) is 9.80. The lowest BCUT2D eigenvalue weighted by Gasteiger charge is -2.04. The summed E-state index contributed by atoms with van der Waals surface area (Å²) in [6.45, 7) is 0.174. The predicted molar refractivity (Wildman–Crippen MR) is 74.5 cm³/mol. The molecular weight excluding hydrogens is 310 g/mol. The molecule has 0 bridgehead atoms. The van der Waals surface area contributed by atoms with E-state index in [0.29, 0.717) is 17.3 Å². The molecule has 0 aliphatic rings. The molecule has 3 rings (SSSR count). The van der Waals surface area contributed by atoms with Crippen LogP contribution in [0.1, 0.15) is 5.89 Å². The third kappa shape index (κ3) is 2.20. The fourth-order valence-electron chi connectivity index (χ4n) is 1.88. The average molecular weight is 320 g/mol. The molecule has 0 atom stereocenters. The van der Waals surface area contributed by atoms with Crippen molar-refractivity contribution in [2.75, 3.05) is 0 Å². The van der Waals surface area contributed by atoms with Crippen LogP contribution < -0.4 is 5.73 Å². The van der Waals surface area contributed by atoms with E-state index in [0.717, 1.165) is 15.2 Å². The van der Waals surface area contributed by atoms with Crippen molar-refractivity contribution in [3.8, 4) is 17.1 Å². The summed E-state index contributed by atoms with van der Waals surface area (Å²) in [5.74, 6) is 0.780. The van der Waals surface area contributed by atoms with Gasteiger partial charge in [-0.15, -0.1) is 0 Å². The van der Waals surface area contributed by atoms with Gasteiger partial charge in [-0.05, 0) is 35.0 Å². The number of aromatic nitrogens is 2. The van der Waals surface area contributed by atoms with Crippen molar-refractivity contribution < 1.29 is 9.63 Å². The van der Waals surface area contributed by atoms with E-state index in [2.05, 4.69) is 26.1 Å². The maximum atomic E-state index is 10.0. The lowest BCUT2D eigenvalue weighted by molar-refractivity contribution is 0.380. The first-order valence-electron chi connectivity index (χ1n) is 5.62. The summed E-state index contributed by atoms with van der Waals surface area (Å²) in [7, 11) is 0. The second-order valence-corrected chi connectivity index (χ2v) is 4.99. The van der Waals surface area contributed by atoms with E-state index >= 15 is 0 Å². The number of nitrogens with two attached hydrogens (primary N) is 1. The van der Waals surface area contributed by atoms with Gasteiger partial charge in [0.05, 0.1) is 12.1 Å². The first-order valence-corrected chi connectivity index (χ1v) is 6.42. The number of hydrogen-bond acceptors (Lipinski definition) is 5. The topological polar surface area (TPSA) is 85.2 Å². The highest BCUT2D eigenvalue weighted by molar-refractivity contribution is 9.10. The monoisotopic (exact) mass is 319 g/mol. The van der Waals surface area contributed by atoms with Gasteiger partial charge in [0, 0.05) is 4.47 Å². The van der Waals surface area contributed by atoms with Crippen molar-refractivity contribution in [2.24, 2.45) is 5.73 Å². The Kier molecular flexibility index (Phi) is 2.96. The van der Waals surface area contributed by atoms with Crippen molar-refractivity contribution in [1.29, 1.82) is 0 Å². The molecule has 1 aromatic heterocycles. The summed E-state index contributed by atoms with van der Waals surface area (Å²) < 4.78 is 5.92. The Bertz CT molecular complexity index is 755. The molecule has 1 heterocycles. The molecule has 6 heteroatoms.